The first-order valence-electron chi connectivity index (χ1n) is 7.23. The number of fused-ring (bicyclic) bond motifs is 1. The van der Waals surface area contributed by atoms with E-state index in [1.165, 1.54) is 26.8 Å². The van der Waals surface area contributed by atoms with Gasteiger partial charge in [-0.3, -0.25) is 11.3 Å². The highest BCUT2D eigenvalue weighted by atomic mass is 32.1. The van der Waals surface area contributed by atoms with E-state index in [9.17, 15) is 0 Å². The molecular weight excluding hydrogens is 276 g/mol. The van der Waals surface area contributed by atoms with Gasteiger partial charge in [-0.25, -0.2) is 0 Å². The van der Waals surface area contributed by atoms with E-state index in [2.05, 4.69) is 66.3 Å². The largest absolute Gasteiger partial charge is 0.271 e. The second-order valence-corrected chi connectivity index (χ2v) is 6.37. The third-order valence-electron chi connectivity index (χ3n) is 3.99. The van der Waals surface area contributed by atoms with Crippen molar-refractivity contribution in [2.45, 2.75) is 25.8 Å². The van der Waals surface area contributed by atoms with Gasteiger partial charge in [-0.05, 0) is 53.3 Å². The number of rotatable bonds is 5. The summed E-state index contributed by atoms with van der Waals surface area (Å²) < 4.78 is 1.35. The first-order chi connectivity index (χ1) is 10.3. The molecule has 0 radical (unpaired) electrons. The van der Waals surface area contributed by atoms with Gasteiger partial charge in [0.25, 0.3) is 0 Å². The van der Waals surface area contributed by atoms with Crippen LogP contribution in [0.5, 0.6) is 0 Å². The molecule has 0 aliphatic carbocycles. The maximum Gasteiger partial charge on any atom is 0.0345 e. The van der Waals surface area contributed by atoms with Crippen molar-refractivity contribution >= 4 is 21.4 Å². The molecule has 0 spiro atoms. The lowest BCUT2D eigenvalue weighted by molar-refractivity contribution is 0.523. The molecule has 0 saturated carbocycles. The number of hydrogen-bond acceptors (Lipinski definition) is 3. The first kappa shape index (κ1) is 14.3. The summed E-state index contributed by atoms with van der Waals surface area (Å²) in [4.78, 5) is 0. The minimum atomic E-state index is 0.254. The van der Waals surface area contributed by atoms with Gasteiger partial charge < -0.3 is 0 Å². The van der Waals surface area contributed by atoms with Crippen molar-refractivity contribution in [2.75, 3.05) is 0 Å². The standard InChI is InChI=1S/C18H20N2S/c1-13-6-2-3-7-14(13)10-16(20-19)11-15-12-21-18-9-5-4-8-17(15)18/h2-9,12,16,20H,10-11,19H2,1H3. The van der Waals surface area contributed by atoms with E-state index in [4.69, 9.17) is 5.84 Å². The van der Waals surface area contributed by atoms with Gasteiger partial charge >= 0.3 is 0 Å². The Kier molecular flexibility index (Phi) is 4.34. The van der Waals surface area contributed by atoms with Crippen LogP contribution < -0.4 is 11.3 Å². The number of nitrogens with one attached hydrogen (secondary N) is 1. The topological polar surface area (TPSA) is 38.0 Å². The highest BCUT2D eigenvalue weighted by Crippen LogP contribution is 2.27. The molecular formula is C18H20N2S. The van der Waals surface area contributed by atoms with E-state index in [1.807, 2.05) is 11.3 Å². The van der Waals surface area contributed by atoms with Gasteiger partial charge in [0.2, 0.25) is 0 Å². The van der Waals surface area contributed by atoms with E-state index in [0.29, 0.717) is 0 Å². The molecule has 0 amide bonds. The van der Waals surface area contributed by atoms with Crippen LogP contribution in [0.1, 0.15) is 16.7 Å². The summed E-state index contributed by atoms with van der Waals surface area (Å²) in [6, 6.07) is 17.3. The molecule has 2 aromatic carbocycles. The molecule has 0 fully saturated rings. The number of aryl methyl sites for hydroxylation is 1. The second-order valence-electron chi connectivity index (χ2n) is 5.46. The van der Waals surface area contributed by atoms with Crippen molar-refractivity contribution in [1.82, 2.24) is 5.43 Å². The molecule has 3 N–H and O–H groups in total. The van der Waals surface area contributed by atoms with Crippen LogP contribution in [-0.2, 0) is 12.8 Å². The maximum atomic E-state index is 5.78. The highest BCUT2D eigenvalue weighted by molar-refractivity contribution is 7.17. The summed E-state index contributed by atoms with van der Waals surface area (Å²) in [5, 5.41) is 3.61. The van der Waals surface area contributed by atoms with Gasteiger partial charge in [0.05, 0.1) is 0 Å². The van der Waals surface area contributed by atoms with Crippen molar-refractivity contribution in [1.29, 1.82) is 0 Å². The predicted molar refractivity (Wildman–Crippen MR) is 91.5 cm³/mol. The zero-order valence-corrected chi connectivity index (χ0v) is 13.0. The molecule has 1 unspecified atom stereocenters. The molecule has 3 heteroatoms. The van der Waals surface area contributed by atoms with Crippen molar-refractivity contribution in [3.05, 3.63) is 70.6 Å². The molecule has 3 aromatic rings. The van der Waals surface area contributed by atoms with E-state index in [-0.39, 0.29) is 6.04 Å². The van der Waals surface area contributed by atoms with Crippen LogP contribution >= 0.6 is 11.3 Å². The summed E-state index contributed by atoms with van der Waals surface area (Å²) in [7, 11) is 0. The highest BCUT2D eigenvalue weighted by Gasteiger charge is 2.13. The molecule has 108 valence electrons. The quantitative estimate of drug-likeness (QED) is 0.555. The Hall–Kier alpha value is -1.68. The molecule has 0 aliphatic rings. The summed E-state index contributed by atoms with van der Waals surface area (Å²) in [6.45, 7) is 2.16. The number of hydrazine groups is 1. The smallest absolute Gasteiger partial charge is 0.0345 e. The maximum absolute atomic E-state index is 5.78. The molecule has 0 bridgehead atoms. The summed E-state index contributed by atoms with van der Waals surface area (Å²) in [5.41, 5.74) is 7.05. The fraction of sp³-hybridized carbons (Fsp3) is 0.222. The zero-order chi connectivity index (χ0) is 14.7. The SMILES string of the molecule is Cc1ccccc1CC(Cc1csc2ccccc12)NN. The Labute approximate surface area is 129 Å². The first-order valence-corrected chi connectivity index (χ1v) is 8.11. The number of thiophene rings is 1. The minimum absolute atomic E-state index is 0.254. The van der Waals surface area contributed by atoms with E-state index in [0.717, 1.165) is 12.8 Å². The van der Waals surface area contributed by atoms with Crippen LogP contribution in [-0.4, -0.2) is 6.04 Å². The van der Waals surface area contributed by atoms with Crippen LogP contribution in [0.4, 0.5) is 0 Å². The van der Waals surface area contributed by atoms with Crippen molar-refractivity contribution in [3.63, 3.8) is 0 Å². The molecule has 1 heterocycles. The van der Waals surface area contributed by atoms with Gasteiger partial charge in [0, 0.05) is 10.7 Å². The fourth-order valence-corrected chi connectivity index (χ4v) is 3.73. The Balaban J connectivity index is 1.80. The lowest BCUT2D eigenvalue weighted by atomic mass is 9.96. The van der Waals surface area contributed by atoms with E-state index >= 15 is 0 Å². The average molecular weight is 296 g/mol. The zero-order valence-electron chi connectivity index (χ0n) is 12.2. The number of hydrogen-bond donors (Lipinski definition) is 2. The third-order valence-corrected chi connectivity index (χ3v) is 5.00. The fourth-order valence-electron chi connectivity index (χ4n) is 2.75. The van der Waals surface area contributed by atoms with Crippen molar-refractivity contribution < 1.29 is 0 Å². The van der Waals surface area contributed by atoms with Gasteiger partial charge in [0.15, 0.2) is 0 Å². The molecule has 1 atom stereocenters. The van der Waals surface area contributed by atoms with Gasteiger partial charge in [-0.15, -0.1) is 11.3 Å². The predicted octanol–water partition coefficient (Wildman–Crippen LogP) is 3.83. The summed E-state index contributed by atoms with van der Waals surface area (Å²) >= 11 is 1.81. The number of nitrogens with two attached hydrogens (primary N) is 1. The van der Waals surface area contributed by atoms with Crippen LogP contribution in [0, 0.1) is 6.92 Å². The normalized spacial score (nSPS) is 12.7. The van der Waals surface area contributed by atoms with Crippen LogP contribution in [0.2, 0.25) is 0 Å². The molecule has 0 saturated heterocycles. The van der Waals surface area contributed by atoms with Crippen LogP contribution in [0.15, 0.2) is 53.9 Å². The Morgan fingerprint density at radius 3 is 2.52 bits per heavy atom. The Bertz CT molecular complexity index is 733. The number of benzene rings is 2. The van der Waals surface area contributed by atoms with Gasteiger partial charge in [0.1, 0.15) is 0 Å². The monoisotopic (exact) mass is 296 g/mol. The van der Waals surface area contributed by atoms with Crippen LogP contribution in [0.25, 0.3) is 10.1 Å². The van der Waals surface area contributed by atoms with Crippen molar-refractivity contribution in [2.24, 2.45) is 5.84 Å². The van der Waals surface area contributed by atoms with Crippen molar-refractivity contribution in [3.8, 4) is 0 Å². The van der Waals surface area contributed by atoms with Crippen LogP contribution in [0.3, 0.4) is 0 Å². The summed E-state index contributed by atoms with van der Waals surface area (Å²) in [6.07, 6.45) is 1.90. The lowest BCUT2D eigenvalue weighted by Crippen LogP contribution is -2.38. The third kappa shape index (κ3) is 3.16. The van der Waals surface area contributed by atoms with Gasteiger partial charge in [-0.2, -0.15) is 0 Å². The van der Waals surface area contributed by atoms with Gasteiger partial charge in [-0.1, -0.05) is 42.5 Å². The second kappa shape index (κ2) is 6.39. The van der Waals surface area contributed by atoms with E-state index < -0.39 is 0 Å². The lowest BCUT2D eigenvalue weighted by Gasteiger charge is -2.17. The molecule has 2 nitrogen and oxygen atoms in total. The van der Waals surface area contributed by atoms with E-state index in [1.54, 1.807) is 0 Å². The molecule has 1 aromatic heterocycles. The molecule has 3 rings (SSSR count). The minimum Gasteiger partial charge on any atom is -0.271 e. The summed E-state index contributed by atoms with van der Waals surface area (Å²) in [5.74, 6) is 5.78. The average Bonchev–Trinajstić information content (AvgIpc) is 2.92. The molecule has 0 aliphatic heterocycles. The molecule has 21 heavy (non-hydrogen) atoms. The Morgan fingerprint density at radius 1 is 1.00 bits per heavy atom. The Morgan fingerprint density at radius 2 is 1.71 bits per heavy atom.